The number of carbonyl (C=O) groups excluding carboxylic acids is 1. The van der Waals surface area contributed by atoms with E-state index in [1.54, 1.807) is 12.1 Å². The number of carbonyl (C=O) groups is 1. The second-order valence-corrected chi connectivity index (χ2v) is 5.52. The van der Waals surface area contributed by atoms with Gasteiger partial charge in [-0.1, -0.05) is 24.0 Å². The van der Waals surface area contributed by atoms with Crippen molar-refractivity contribution in [2.45, 2.75) is 13.0 Å². The molecule has 0 aliphatic carbocycles. The van der Waals surface area contributed by atoms with Crippen molar-refractivity contribution in [2.75, 3.05) is 6.54 Å². The van der Waals surface area contributed by atoms with Crippen LogP contribution in [-0.2, 0) is 17.8 Å². The minimum Gasteiger partial charge on any atom is -0.351 e. The summed E-state index contributed by atoms with van der Waals surface area (Å²) in [5, 5.41) is 2.81. The van der Waals surface area contributed by atoms with Gasteiger partial charge in [0, 0.05) is 4.88 Å². The molecule has 0 atom stereocenters. The molecule has 0 aliphatic rings. The molecule has 3 nitrogen and oxygen atoms in total. The van der Waals surface area contributed by atoms with E-state index in [0.717, 1.165) is 9.75 Å². The van der Waals surface area contributed by atoms with Crippen LogP contribution in [-0.4, -0.2) is 12.5 Å². The van der Waals surface area contributed by atoms with E-state index in [0.29, 0.717) is 18.7 Å². The van der Waals surface area contributed by atoms with Crippen LogP contribution in [0.2, 0.25) is 0 Å². The van der Waals surface area contributed by atoms with E-state index in [9.17, 15) is 9.18 Å². The van der Waals surface area contributed by atoms with Crippen LogP contribution >= 0.6 is 11.3 Å². The van der Waals surface area contributed by atoms with E-state index in [1.807, 2.05) is 12.1 Å². The van der Waals surface area contributed by atoms with Gasteiger partial charge in [0.2, 0.25) is 5.91 Å². The van der Waals surface area contributed by atoms with E-state index in [2.05, 4.69) is 17.2 Å². The minimum atomic E-state index is -0.332. The number of thiophene rings is 1. The van der Waals surface area contributed by atoms with Crippen LogP contribution in [0.25, 0.3) is 0 Å². The summed E-state index contributed by atoms with van der Waals surface area (Å²) in [6, 6.07) is 9.88. The molecule has 0 radical (unpaired) electrons. The molecule has 1 heterocycles. The highest BCUT2D eigenvalue weighted by molar-refractivity contribution is 7.12. The minimum absolute atomic E-state index is 0.136. The molecule has 0 saturated carbocycles. The van der Waals surface area contributed by atoms with Gasteiger partial charge in [-0.05, 0) is 29.8 Å². The molecule has 1 aromatic heterocycles. The van der Waals surface area contributed by atoms with Gasteiger partial charge in [-0.3, -0.25) is 4.79 Å². The van der Waals surface area contributed by atoms with Crippen molar-refractivity contribution in [3.8, 4) is 11.8 Å². The van der Waals surface area contributed by atoms with Crippen LogP contribution in [0, 0.1) is 17.7 Å². The van der Waals surface area contributed by atoms with Gasteiger partial charge in [0.05, 0.1) is 24.4 Å². The fourth-order valence-electron chi connectivity index (χ4n) is 1.76. The number of rotatable bonds is 4. The molecule has 0 spiro atoms. The molecule has 21 heavy (non-hydrogen) atoms. The lowest BCUT2D eigenvalue weighted by molar-refractivity contribution is -0.120. The number of hydrogen-bond acceptors (Lipinski definition) is 3. The number of hydrogen-bond donors (Lipinski definition) is 2. The number of nitrogens with two attached hydrogens (primary N) is 1. The van der Waals surface area contributed by atoms with Gasteiger partial charge in [0.15, 0.2) is 0 Å². The first-order valence-electron chi connectivity index (χ1n) is 6.46. The van der Waals surface area contributed by atoms with Crippen LogP contribution in [0.4, 0.5) is 4.39 Å². The summed E-state index contributed by atoms with van der Waals surface area (Å²) >= 11 is 1.52. The monoisotopic (exact) mass is 302 g/mol. The fourth-order valence-corrected chi connectivity index (χ4v) is 2.58. The normalized spacial score (nSPS) is 9.81. The van der Waals surface area contributed by atoms with E-state index in [1.165, 1.54) is 23.5 Å². The predicted octanol–water partition coefficient (Wildman–Crippen LogP) is 2.06. The Balaban J connectivity index is 1.85. The Kier molecular flexibility index (Phi) is 5.50. The van der Waals surface area contributed by atoms with Gasteiger partial charge < -0.3 is 11.1 Å². The zero-order valence-corrected chi connectivity index (χ0v) is 12.2. The Labute approximate surface area is 127 Å². The molecule has 1 amide bonds. The summed E-state index contributed by atoms with van der Waals surface area (Å²) in [6.07, 6.45) is 0.170. The maximum Gasteiger partial charge on any atom is 0.224 e. The Bertz CT molecular complexity index is 685. The molecule has 0 bridgehead atoms. The fraction of sp³-hybridized carbons (Fsp3) is 0.188. The molecular weight excluding hydrogens is 287 g/mol. The molecule has 0 fully saturated rings. The Hall–Kier alpha value is -2.16. The number of benzene rings is 1. The molecule has 0 saturated heterocycles. The smallest absolute Gasteiger partial charge is 0.224 e. The standard InChI is InChI=1S/C16H15FN2OS/c17-13-4-1-3-12(9-13)10-16(20)19-11-15-7-6-14(21-15)5-2-8-18/h1,3-4,6-7,9H,8,10-11,18H2,(H,19,20). The van der Waals surface area contributed by atoms with Gasteiger partial charge >= 0.3 is 0 Å². The van der Waals surface area contributed by atoms with E-state index < -0.39 is 0 Å². The van der Waals surface area contributed by atoms with Gasteiger partial charge in [-0.2, -0.15) is 0 Å². The molecule has 1 aromatic carbocycles. The summed E-state index contributed by atoms with van der Waals surface area (Å²) < 4.78 is 13.0. The topological polar surface area (TPSA) is 55.1 Å². The molecule has 5 heteroatoms. The number of halogens is 1. The Morgan fingerprint density at radius 1 is 1.33 bits per heavy atom. The first-order chi connectivity index (χ1) is 10.2. The van der Waals surface area contributed by atoms with Crippen molar-refractivity contribution in [2.24, 2.45) is 5.73 Å². The van der Waals surface area contributed by atoms with Crippen LogP contribution < -0.4 is 11.1 Å². The summed E-state index contributed by atoms with van der Waals surface area (Å²) in [5.74, 6) is 5.27. The summed E-state index contributed by atoms with van der Waals surface area (Å²) in [7, 11) is 0. The third kappa shape index (κ3) is 5.03. The molecular formula is C16H15FN2OS. The lowest BCUT2D eigenvalue weighted by Gasteiger charge is -2.04. The van der Waals surface area contributed by atoms with Crippen LogP contribution in [0.5, 0.6) is 0 Å². The second kappa shape index (κ2) is 7.58. The lowest BCUT2D eigenvalue weighted by Crippen LogP contribution is -2.24. The number of nitrogens with one attached hydrogen (secondary N) is 1. The maximum atomic E-state index is 13.0. The van der Waals surface area contributed by atoms with Crippen molar-refractivity contribution in [1.82, 2.24) is 5.32 Å². The molecule has 2 rings (SSSR count). The maximum absolute atomic E-state index is 13.0. The highest BCUT2D eigenvalue weighted by atomic mass is 32.1. The Morgan fingerprint density at radius 2 is 2.19 bits per heavy atom. The van der Waals surface area contributed by atoms with Crippen molar-refractivity contribution in [3.05, 3.63) is 57.5 Å². The Morgan fingerprint density at radius 3 is 2.95 bits per heavy atom. The van der Waals surface area contributed by atoms with Gasteiger partial charge in [0.1, 0.15) is 5.82 Å². The van der Waals surface area contributed by atoms with Crippen molar-refractivity contribution < 1.29 is 9.18 Å². The highest BCUT2D eigenvalue weighted by Gasteiger charge is 2.05. The molecule has 108 valence electrons. The second-order valence-electron chi connectivity index (χ2n) is 4.36. The summed E-state index contributed by atoms with van der Waals surface area (Å²) in [5.41, 5.74) is 5.97. The lowest BCUT2D eigenvalue weighted by atomic mass is 10.1. The quantitative estimate of drug-likeness (QED) is 0.849. The average molecular weight is 302 g/mol. The third-order valence-electron chi connectivity index (χ3n) is 2.69. The molecule has 3 N–H and O–H groups in total. The average Bonchev–Trinajstić information content (AvgIpc) is 2.91. The number of amides is 1. The molecule has 0 aliphatic heterocycles. The third-order valence-corrected chi connectivity index (χ3v) is 3.69. The molecule has 0 unspecified atom stereocenters. The van der Waals surface area contributed by atoms with E-state index in [-0.39, 0.29) is 18.1 Å². The van der Waals surface area contributed by atoms with Gasteiger partial charge in [-0.15, -0.1) is 11.3 Å². The molecule has 2 aromatic rings. The van der Waals surface area contributed by atoms with Gasteiger partial charge in [0.25, 0.3) is 0 Å². The van der Waals surface area contributed by atoms with Crippen molar-refractivity contribution in [3.63, 3.8) is 0 Å². The zero-order valence-electron chi connectivity index (χ0n) is 11.4. The van der Waals surface area contributed by atoms with Crippen molar-refractivity contribution in [1.29, 1.82) is 0 Å². The van der Waals surface area contributed by atoms with Crippen LogP contribution in [0.3, 0.4) is 0 Å². The summed E-state index contributed by atoms with van der Waals surface area (Å²) in [4.78, 5) is 13.7. The van der Waals surface area contributed by atoms with Crippen LogP contribution in [0.15, 0.2) is 36.4 Å². The van der Waals surface area contributed by atoms with E-state index in [4.69, 9.17) is 5.73 Å². The van der Waals surface area contributed by atoms with E-state index >= 15 is 0 Å². The van der Waals surface area contributed by atoms with Crippen molar-refractivity contribution >= 4 is 17.2 Å². The SMILES string of the molecule is NCC#Cc1ccc(CNC(=O)Cc2cccc(F)c2)s1. The highest BCUT2D eigenvalue weighted by Crippen LogP contribution is 2.15. The van der Waals surface area contributed by atoms with Gasteiger partial charge in [-0.25, -0.2) is 4.39 Å². The predicted molar refractivity (Wildman–Crippen MR) is 82.2 cm³/mol. The first kappa shape index (κ1) is 15.2. The first-order valence-corrected chi connectivity index (χ1v) is 7.28. The summed E-state index contributed by atoms with van der Waals surface area (Å²) in [6.45, 7) is 0.778. The largest absolute Gasteiger partial charge is 0.351 e. The van der Waals surface area contributed by atoms with Crippen LogP contribution in [0.1, 0.15) is 15.3 Å². The zero-order chi connectivity index (χ0) is 15.1.